The average molecular weight is 403 g/mol. The molecule has 1 N–H and O–H groups in total. The van der Waals surface area contributed by atoms with E-state index in [0.29, 0.717) is 5.19 Å². The minimum atomic E-state index is -1.31. The maximum absolute atomic E-state index is 13.3. The van der Waals surface area contributed by atoms with Gasteiger partial charge in [0.1, 0.15) is 15.3 Å². The number of aromatic carboxylic acids is 1. The highest BCUT2D eigenvalue weighted by Crippen LogP contribution is 2.20. The maximum Gasteiger partial charge on any atom is 0.335 e. The zero-order chi connectivity index (χ0) is 16.4. The van der Waals surface area contributed by atoms with Crippen LogP contribution in [0.25, 0.3) is 0 Å². The van der Waals surface area contributed by atoms with Crippen molar-refractivity contribution in [2.75, 3.05) is 0 Å². The Morgan fingerprint density at radius 3 is 2.64 bits per heavy atom. The van der Waals surface area contributed by atoms with E-state index in [2.05, 4.69) is 15.9 Å². The summed E-state index contributed by atoms with van der Waals surface area (Å²) in [6, 6.07) is 6.10. The fourth-order valence-electron chi connectivity index (χ4n) is 1.76. The van der Waals surface area contributed by atoms with Crippen molar-refractivity contribution in [3.05, 3.63) is 61.3 Å². The number of hydrogen-bond donors (Lipinski definition) is 1. The molecule has 2 radical (unpaired) electrons. The summed E-state index contributed by atoms with van der Waals surface area (Å²) in [6.45, 7) is 0. The van der Waals surface area contributed by atoms with Gasteiger partial charge in [-0.3, -0.25) is 10.1 Å². The molecule has 0 saturated carbocycles. The molecule has 0 aliphatic rings. The van der Waals surface area contributed by atoms with Crippen LogP contribution in [0.4, 0.5) is 10.1 Å². The Morgan fingerprint density at radius 2 is 2.05 bits per heavy atom. The molecule has 0 aliphatic heterocycles. The normalized spacial score (nSPS) is 10.5. The second-order valence-electron chi connectivity index (χ2n) is 4.16. The summed E-state index contributed by atoms with van der Waals surface area (Å²) in [6.07, 6.45) is 0. The number of rotatable bonds is 4. The van der Waals surface area contributed by atoms with Gasteiger partial charge in [0.05, 0.1) is 10.5 Å². The number of carboxylic acid groups (broad SMARTS) is 1. The predicted octanol–water partition coefficient (Wildman–Crippen LogP) is 2.50. The molecule has 0 atom stereocenters. The second kappa shape index (κ2) is 6.55. The Hall–Kier alpha value is -1.77. The molecule has 0 unspecified atom stereocenters. The first-order chi connectivity index (χ1) is 10.3. The Bertz CT molecular complexity index is 752. The van der Waals surface area contributed by atoms with E-state index in [1.54, 1.807) is 0 Å². The van der Waals surface area contributed by atoms with Gasteiger partial charge in [0.15, 0.2) is 0 Å². The molecule has 5 nitrogen and oxygen atoms in total. The molecule has 0 bridgehead atoms. The minimum absolute atomic E-state index is 0.00630. The fourth-order valence-corrected chi connectivity index (χ4v) is 3.76. The number of carbonyl (C=O) groups is 1. The molecule has 22 heavy (non-hydrogen) atoms. The molecule has 2 aromatic carbocycles. The summed E-state index contributed by atoms with van der Waals surface area (Å²) in [5.41, 5.74) is -0.579. The third kappa shape index (κ3) is 3.52. The standard InChI is InChI=1S/C13H6BrClFNO4Si/c14-6-3-8(13(18)19)12(10(4-6)17(20)21)22-11-5-7(16)1-2-9(11)15/h1-5H,(H,18,19). The Kier molecular flexibility index (Phi) is 4.94. The number of nitro groups is 1. The molecule has 0 amide bonds. The van der Waals surface area contributed by atoms with Crippen LogP contribution in [0.2, 0.25) is 5.02 Å². The monoisotopic (exact) mass is 401 g/mol. The largest absolute Gasteiger partial charge is 0.478 e. The van der Waals surface area contributed by atoms with Crippen molar-refractivity contribution in [1.82, 2.24) is 0 Å². The summed E-state index contributed by atoms with van der Waals surface area (Å²) in [4.78, 5) is 21.9. The maximum atomic E-state index is 13.3. The number of carboxylic acids is 1. The van der Waals surface area contributed by atoms with Crippen LogP contribution in [0.5, 0.6) is 0 Å². The highest BCUT2D eigenvalue weighted by Gasteiger charge is 2.24. The van der Waals surface area contributed by atoms with Crippen molar-refractivity contribution in [3.8, 4) is 0 Å². The highest BCUT2D eigenvalue weighted by molar-refractivity contribution is 9.10. The third-order valence-electron chi connectivity index (χ3n) is 2.70. The van der Waals surface area contributed by atoms with Gasteiger partial charge in [0.25, 0.3) is 5.69 Å². The van der Waals surface area contributed by atoms with Crippen LogP contribution in [0.1, 0.15) is 10.4 Å². The van der Waals surface area contributed by atoms with Crippen LogP contribution in [0, 0.1) is 15.9 Å². The Morgan fingerprint density at radius 1 is 1.36 bits per heavy atom. The number of halogens is 3. The first-order valence-electron chi connectivity index (χ1n) is 5.73. The molecule has 2 aromatic rings. The molecule has 0 fully saturated rings. The summed E-state index contributed by atoms with van der Waals surface area (Å²) in [5, 5.41) is 20.9. The van der Waals surface area contributed by atoms with Gasteiger partial charge in [0, 0.05) is 20.7 Å². The molecular formula is C13H6BrClFNO4Si. The summed E-state index contributed by atoms with van der Waals surface area (Å²) >= 11 is 9.00. The number of nitrogens with zero attached hydrogens (tertiary/aromatic N) is 1. The molecular weight excluding hydrogens is 397 g/mol. The summed E-state index contributed by atoms with van der Waals surface area (Å²) in [5.74, 6) is -1.86. The first-order valence-corrected chi connectivity index (χ1v) is 7.90. The van der Waals surface area contributed by atoms with E-state index in [9.17, 15) is 24.4 Å². The number of hydrogen-bond acceptors (Lipinski definition) is 3. The lowest BCUT2D eigenvalue weighted by atomic mass is 10.2. The molecule has 0 spiro atoms. The van der Waals surface area contributed by atoms with Gasteiger partial charge >= 0.3 is 5.97 Å². The van der Waals surface area contributed by atoms with E-state index in [0.717, 1.165) is 12.1 Å². The molecule has 9 heteroatoms. The Labute approximate surface area is 139 Å². The third-order valence-corrected chi connectivity index (χ3v) is 5.10. The van der Waals surface area contributed by atoms with Gasteiger partial charge in [-0.05, 0) is 29.5 Å². The lowest BCUT2D eigenvalue weighted by molar-refractivity contribution is -0.383. The van der Waals surface area contributed by atoms with Crippen LogP contribution < -0.4 is 10.4 Å². The van der Waals surface area contributed by atoms with Crippen molar-refractivity contribution >= 4 is 59.1 Å². The van der Waals surface area contributed by atoms with Gasteiger partial charge < -0.3 is 5.11 Å². The van der Waals surface area contributed by atoms with Crippen molar-refractivity contribution in [2.45, 2.75) is 0 Å². The highest BCUT2D eigenvalue weighted by atomic mass is 79.9. The van der Waals surface area contributed by atoms with Crippen LogP contribution in [-0.4, -0.2) is 25.5 Å². The summed E-state index contributed by atoms with van der Waals surface area (Å²) in [7, 11) is -0.464. The topological polar surface area (TPSA) is 80.4 Å². The fraction of sp³-hybridized carbons (Fsp3) is 0. The average Bonchev–Trinajstić information content (AvgIpc) is 2.43. The lowest BCUT2D eigenvalue weighted by Crippen LogP contribution is -2.34. The van der Waals surface area contributed by atoms with E-state index in [4.69, 9.17) is 11.6 Å². The van der Waals surface area contributed by atoms with Crippen LogP contribution in [0.15, 0.2) is 34.8 Å². The molecule has 0 aliphatic carbocycles. The van der Waals surface area contributed by atoms with E-state index in [1.165, 1.54) is 18.2 Å². The smallest absolute Gasteiger partial charge is 0.335 e. The van der Waals surface area contributed by atoms with E-state index >= 15 is 0 Å². The van der Waals surface area contributed by atoms with E-state index in [1.807, 2.05) is 0 Å². The van der Waals surface area contributed by atoms with Crippen molar-refractivity contribution in [3.63, 3.8) is 0 Å². The second-order valence-corrected chi connectivity index (χ2v) is 6.77. The van der Waals surface area contributed by atoms with E-state index < -0.39 is 26.2 Å². The van der Waals surface area contributed by atoms with Crippen molar-refractivity contribution in [2.24, 2.45) is 0 Å². The van der Waals surface area contributed by atoms with Crippen molar-refractivity contribution < 1.29 is 19.2 Å². The Balaban J connectivity index is 2.64. The zero-order valence-corrected chi connectivity index (χ0v) is 14.0. The minimum Gasteiger partial charge on any atom is -0.478 e. The number of nitro benzene ring substituents is 1. The number of benzene rings is 2. The van der Waals surface area contributed by atoms with Crippen molar-refractivity contribution in [1.29, 1.82) is 0 Å². The molecule has 112 valence electrons. The molecule has 0 saturated heterocycles. The molecule has 2 rings (SSSR count). The molecule has 0 aromatic heterocycles. The van der Waals surface area contributed by atoms with Gasteiger partial charge in [0.2, 0.25) is 0 Å². The summed E-state index contributed by atoms with van der Waals surface area (Å²) < 4.78 is 13.6. The van der Waals surface area contributed by atoms with Gasteiger partial charge in [-0.1, -0.05) is 27.5 Å². The van der Waals surface area contributed by atoms with Gasteiger partial charge in [-0.25, -0.2) is 9.18 Å². The lowest BCUT2D eigenvalue weighted by Gasteiger charge is -2.09. The van der Waals surface area contributed by atoms with E-state index in [-0.39, 0.29) is 25.9 Å². The first kappa shape index (κ1) is 16.6. The quantitative estimate of drug-likeness (QED) is 0.484. The molecule has 0 heterocycles. The van der Waals surface area contributed by atoms with Crippen LogP contribution >= 0.6 is 27.5 Å². The van der Waals surface area contributed by atoms with Crippen LogP contribution in [0.3, 0.4) is 0 Å². The van der Waals surface area contributed by atoms with Crippen LogP contribution in [-0.2, 0) is 0 Å². The SMILES string of the molecule is O=C(O)c1cc(Br)cc([N+](=O)[O-])c1[Si]c1cc(F)ccc1Cl. The van der Waals surface area contributed by atoms with Gasteiger partial charge in [-0.2, -0.15) is 0 Å². The predicted molar refractivity (Wildman–Crippen MR) is 84.2 cm³/mol. The zero-order valence-electron chi connectivity index (χ0n) is 10.6. The van der Waals surface area contributed by atoms with Gasteiger partial charge in [-0.15, -0.1) is 0 Å².